The van der Waals surface area contributed by atoms with Crippen LogP contribution in [0.15, 0.2) is 42.6 Å². The summed E-state index contributed by atoms with van der Waals surface area (Å²) in [6.45, 7) is 0.187. The lowest BCUT2D eigenvalue weighted by Crippen LogP contribution is -2.57. The molecule has 0 spiro atoms. The van der Waals surface area contributed by atoms with Crippen molar-refractivity contribution in [1.29, 1.82) is 0 Å². The van der Waals surface area contributed by atoms with Gasteiger partial charge in [-0.1, -0.05) is 19.1 Å². The molecule has 1 fully saturated rings. The number of carbonyl (C=O) groups is 1. The van der Waals surface area contributed by atoms with Crippen molar-refractivity contribution < 1.29 is 31.1 Å². The smallest absolute Gasteiger partial charge is 0.352 e. The third-order valence-corrected chi connectivity index (χ3v) is 5.32. The van der Waals surface area contributed by atoms with Crippen LogP contribution < -0.4 is 10.2 Å². The van der Waals surface area contributed by atoms with Gasteiger partial charge in [-0.2, -0.15) is 13.2 Å². The van der Waals surface area contributed by atoms with Gasteiger partial charge in [-0.25, -0.2) is 22.9 Å². The van der Waals surface area contributed by atoms with Crippen molar-refractivity contribution in [2.45, 2.75) is 31.5 Å². The Hall–Kier alpha value is -2.98. The molecule has 32 heavy (non-hydrogen) atoms. The van der Waals surface area contributed by atoms with Gasteiger partial charge in [-0.15, -0.1) is 0 Å². The van der Waals surface area contributed by atoms with E-state index in [0.29, 0.717) is 0 Å². The SMILES string of the molecule is CCC(F)(F)c1ccc(NC(=O)N2CCN(c3ncccc3C(F)(F)F)CC2CF)cc1. The quantitative estimate of drug-likeness (QED) is 0.617. The molecule has 0 radical (unpaired) electrons. The molecule has 2 amide bonds. The Morgan fingerprint density at radius 2 is 1.81 bits per heavy atom. The molecule has 0 aliphatic carbocycles. The molecule has 2 heterocycles. The number of hydrogen-bond acceptors (Lipinski definition) is 3. The number of nitrogens with one attached hydrogen (secondary N) is 1. The highest BCUT2D eigenvalue weighted by Gasteiger charge is 2.38. The molecule has 1 atom stereocenters. The number of pyridine rings is 1. The Kier molecular flexibility index (Phi) is 6.85. The number of amides is 2. The number of urea groups is 1. The molecule has 0 saturated carbocycles. The third kappa shape index (κ3) is 5.08. The van der Waals surface area contributed by atoms with E-state index in [2.05, 4.69) is 10.3 Å². The Labute approximate surface area is 181 Å². The van der Waals surface area contributed by atoms with E-state index in [-0.39, 0.29) is 43.1 Å². The van der Waals surface area contributed by atoms with Gasteiger partial charge < -0.3 is 15.1 Å². The summed E-state index contributed by atoms with van der Waals surface area (Å²) in [4.78, 5) is 18.9. The summed E-state index contributed by atoms with van der Waals surface area (Å²) in [5, 5.41) is 2.52. The minimum Gasteiger partial charge on any atom is -0.352 e. The monoisotopic (exact) mass is 460 g/mol. The molecule has 0 bridgehead atoms. The zero-order valence-electron chi connectivity index (χ0n) is 17.2. The first-order chi connectivity index (χ1) is 15.1. The fourth-order valence-corrected chi connectivity index (χ4v) is 3.51. The molecule has 174 valence electrons. The lowest BCUT2D eigenvalue weighted by atomic mass is 10.1. The standard InChI is InChI=1S/C21H22F6N4O/c1-2-20(23,24)14-5-7-15(8-6-14)29-19(32)31-11-10-30(13-16(31)12-22)18-17(21(25,26)27)4-3-9-28-18/h3-9,16H,2,10-13H2,1H3,(H,29,32). The molecule has 1 aliphatic rings. The molecular weight excluding hydrogens is 438 g/mol. The van der Waals surface area contributed by atoms with Gasteiger partial charge in [-0.3, -0.25) is 0 Å². The van der Waals surface area contributed by atoms with E-state index in [4.69, 9.17) is 0 Å². The fraction of sp³-hybridized carbons (Fsp3) is 0.429. The molecule has 11 heteroatoms. The van der Waals surface area contributed by atoms with Crippen molar-refractivity contribution in [3.05, 3.63) is 53.7 Å². The summed E-state index contributed by atoms with van der Waals surface area (Å²) in [5.74, 6) is -3.30. The molecule has 1 aromatic heterocycles. The van der Waals surface area contributed by atoms with Gasteiger partial charge in [0.2, 0.25) is 0 Å². The summed E-state index contributed by atoms with van der Waals surface area (Å²) in [5.41, 5.74) is -0.877. The van der Waals surface area contributed by atoms with E-state index in [1.54, 1.807) is 0 Å². The largest absolute Gasteiger partial charge is 0.419 e. The number of nitrogens with zero attached hydrogens (tertiary/aromatic N) is 3. The molecule has 1 aliphatic heterocycles. The highest BCUT2D eigenvalue weighted by molar-refractivity contribution is 5.89. The molecule has 3 rings (SSSR count). The summed E-state index contributed by atoms with van der Waals surface area (Å²) in [7, 11) is 0. The van der Waals surface area contributed by atoms with Crippen LogP contribution >= 0.6 is 0 Å². The van der Waals surface area contributed by atoms with E-state index in [9.17, 15) is 31.1 Å². The normalized spacial score (nSPS) is 17.4. The average Bonchev–Trinajstić information content (AvgIpc) is 2.78. The Morgan fingerprint density at radius 3 is 2.41 bits per heavy atom. The van der Waals surface area contributed by atoms with Crippen LogP contribution in [0, 0.1) is 0 Å². The number of hydrogen-bond donors (Lipinski definition) is 1. The average molecular weight is 460 g/mol. The molecule has 5 nitrogen and oxygen atoms in total. The van der Waals surface area contributed by atoms with Crippen molar-refractivity contribution in [2.24, 2.45) is 0 Å². The van der Waals surface area contributed by atoms with E-state index in [1.165, 1.54) is 53.3 Å². The number of halogens is 6. The minimum absolute atomic E-state index is 0.0195. The van der Waals surface area contributed by atoms with Crippen LogP contribution in [-0.2, 0) is 12.1 Å². The van der Waals surface area contributed by atoms with Gasteiger partial charge in [0.25, 0.3) is 5.92 Å². The second-order valence-corrected chi connectivity index (χ2v) is 7.39. The van der Waals surface area contributed by atoms with Crippen molar-refractivity contribution >= 4 is 17.5 Å². The lowest BCUT2D eigenvalue weighted by Gasteiger charge is -2.41. The maximum absolute atomic E-state index is 13.7. The highest BCUT2D eigenvalue weighted by atomic mass is 19.4. The maximum atomic E-state index is 13.7. The van der Waals surface area contributed by atoms with Crippen molar-refractivity contribution in [1.82, 2.24) is 9.88 Å². The van der Waals surface area contributed by atoms with Crippen LogP contribution in [0.25, 0.3) is 0 Å². The number of carbonyl (C=O) groups excluding carboxylic acids is 1. The topological polar surface area (TPSA) is 48.5 Å². The maximum Gasteiger partial charge on any atom is 0.419 e. The van der Waals surface area contributed by atoms with Crippen LogP contribution in [0.2, 0.25) is 0 Å². The third-order valence-electron chi connectivity index (χ3n) is 5.32. The first kappa shape index (κ1) is 23.7. The Balaban J connectivity index is 1.70. The number of piperazine rings is 1. The van der Waals surface area contributed by atoms with E-state index >= 15 is 0 Å². The molecular formula is C21H22F6N4O. The molecule has 2 aromatic rings. The summed E-state index contributed by atoms with van der Waals surface area (Å²) in [6.07, 6.45) is -3.77. The van der Waals surface area contributed by atoms with Gasteiger partial charge in [-0.05, 0) is 24.3 Å². The second kappa shape index (κ2) is 9.25. The first-order valence-electron chi connectivity index (χ1n) is 9.96. The van der Waals surface area contributed by atoms with Gasteiger partial charge in [0.05, 0.1) is 11.6 Å². The fourth-order valence-electron chi connectivity index (χ4n) is 3.51. The van der Waals surface area contributed by atoms with Crippen LogP contribution in [0.3, 0.4) is 0 Å². The number of alkyl halides is 6. The number of anilines is 2. The van der Waals surface area contributed by atoms with E-state index < -0.39 is 36.4 Å². The van der Waals surface area contributed by atoms with E-state index in [0.717, 1.165) is 6.07 Å². The summed E-state index contributed by atoms with van der Waals surface area (Å²) in [6, 6.07) is 5.44. The number of rotatable bonds is 5. The second-order valence-electron chi connectivity index (χ2n) is 7.39. The van der Waals surface area contributed by atoms with Crippen LogP contribution in [0.1, 0.15) is 24.5 Å². The van der Waals surface area contributed by atoms with Gasteiger partial charge in [0.15, 0.2) is 0 Å². The van der Waals surface area contributed by atoms with Gasteiger partial charge in [0, 0.05) is 43.5 Å². The number of aromatic nitrogens is 1. The van der Waals surface area contributed by atoms with Gasteiger partial charge >= 0.3 is 12.2 Å². The predicted molar refractivity (Wildman–Crippen MR) is 108 cm³/mol. The highest BCUT2D eigenvalue weighted by Crippen LogP contribution is 2.36. The zero-order chi connectivity index (χ0) is 23.5. The number of benzene rings is 1. The van der Waals surface area contributed by atoms with Crippen LogP contribution in [0.4, 0.5) is 42.6 Å². The van der Waals surface area contributed by atoms with Gasteiger partial charge in [0.1, 0.15) is 12.5 Å². The summed E-state index contributed by atoms with van der Waals surface area (Å²) < 4.78 is 81.0. The zero-order valence-corrected chi connectivity index (χ0v) is 17.2. The van der Waals surface area contributed by atoms with Crippen LogP contribution in [0.5, 0.6) is 0 Å². The molecule has 1 unspecified atom stereocenters. The van der Waals surface area contributed by atoms with E-state index in [1.807, 2.05) is 0 Å². The minimum atomic E-state index is -4.62. The first-order valence-corrected chi connectivity index (χ1v) is 9.96. The molecule has 1 aromatic carbocycles. The Morgan fingerprint density at radius 1 is 1.12 bits per heavy atom. The van der Waals surface area contributed by atoms with Crippen molar-refractivity contribution in [2.75, 3.05) is 36.5 Å². The predicted octanol–water partition coefficient (Wildman–Crippen LogP) is 5.29. The molecule has 1 N–H and O–H groups in total. The molecule has 1 saturated heterocycles. The van der Waals surface area contributed by atoms with Crippen molar-refractivity contribution in [3.8, 4) is 0 Å². The van der Waals surface area contributed by atoms with Crippen LogP contribution in [-0.4, -0.2) is 48.3 Å². The lowest BCUT2D eigenvalue weighted by molar-refractivity contribution is -0.137. The van der Waals surface area contributed by atoms with Crippen molar-refractivity contribution in [3.63, 3.8) is 0 Å². The Bertz CT molecular complexity index is 935. The summed E-state index contributed by atoms with van der Waals surface area (Å²) >= 11 is 0.